The first-order valence-corrected chi connectivity index (χ1v) is 5.50. The van der Waals surface area contributed by atoms with E-state index in [2.05, 4.69) is 5.32 Å². The normalized spacial score (nSPS) is 12.2. The third-order valence-corrected chi connectivity index (χ3v) is 2.45. The Morgan fingerprint density at radius 3 is 2.82 bits per heavy atom. The lowest BCUT2D eigenvalue weighted by Crippen LogP contribution is -2.27. The first-order chi connectivity index (χ1) is 8.06. The summed E-state index contributed by atoms with van der Waals surface area (Å²) >= 11 is 0. The van der Waals surface area contributed by atoms with Crippen LogP contribution in [-0.4, -0.2) is 28.8 Å². The number of benzene rings is 1. The zero-order valence-corrected chi connectivity index (χ0v) is 9.61. The Balaban J connectivity index is 2.59. The van der Waals surface area contributed by atoms with E-state index >= 15 is 0 Å². The molecule has 0 spiro atoms. The van der Waals surface area contributed by atoms with Crippen molar-refractivity contribution in [3.05, 3.63) is 29.6 Å². The number of phenols is 1. The highest BCUT2D eigenvalue weighted by molar-refractivity contribution is 5.97. The first-order valence-electron chi connectivity index (χ1n) is 5.50. The monoisotopic (exact) mass is 241 g/mol. The van der Waals surface area contributed by atoms with Gasteiger partial charge in [0.05, 0.1) is 6.10 Å². The molecule has 4 nitrogen and oxygen atoms in total. The fourth-order valence-electron chi connectivity index (χ4n) is 1.38. The molecule has 3 N–H and O–H groups in total. The van der Waals surface area contributed by atoms with Crippen LogP contribution in [0.4, 0.5) is 4.39 Å². The minimum absolute atomic E-state index is 0.238. The number of carbonyl (C=O) groups excluding carboxylic acids is 1. The van der Waals surface area contributed by atoms with Gasteiger partial charge in [0.25, 0.3) is 5.91 Å². The van der Waals surface area contributed by atoms with Crippen molar-refractivity contribution < 1.29 is 19.4 Å². The lowest BCUT2D eigenvalue weighted by Gasteiger charge is -2.10. The fraction of sp³-hybridized carbons (Fsp3) is 0.417. The Morgan fingerprint density at radius 1 is 1.53 bits per heavy atom. The summed E-state index contributed by atoms with van der Waals surface area (Å²) < 4.78 is 13.3. The van der Waals surface area contributed by atoms with Gasteiger partial charge in [-0.15, -0.1) is 0 Å². The third kappa shape index (κ3) is 3.71. The molecule has 0 saturated heterocycles. The predicted octanol–water partition coefficient (Wildman–Crippen LogP) is 1.42. The summed E-state index contributed by atoms with van der Waals surface area (Å²) in [5.74, 6) is -1.83. The highest BCUT2D eigenvalue weighted by Gasteiger charge is 2.15. The number of hydrogen-bond donors (Lipinski definition) is 3. The van der Waals surface area contributed by atoms with Gasteiger partial charge in [-0.2, -0.15) is 0 Å². The van der Waals surface area contributed by atoms with Crippen LogP contribution < -0.4 is 5.32 Å². The standard InChI is InChI=1S/C12H16FNO3/c1-2-8(15)6-7-14-12(17)11-9(13)4-3-5-10(11)16/h3-5,8,15-16H,2,6-7H2,1H3,(H,14,17). The van der Waals surface area contributed by atoms with E-state index in [1.54, 1.807) is 0 Å². The molecule has 0 fully saturated rings. The molecular formula is C12H16FNO3. The van der Waals surface area contributed by atoms with Crippen LogP contribution >= 0.6 is 0 Å². The molecular weight excluding hydrogens is 225 g/mol. The lowest BCUT2D eigenvalue weighted by molar-refractivity contribution is 0.0935. The molecule has 17 heavy (non-hydrogen) atoms. The van der Waals surface area contributed by atoms with Crippen molar-refractivity contribution in [1.82, 2.24) is 5.32 Å². The summed E-state index contributed by atoms with van der Waals surface area (Å²) in [6.07, 6.45) is 0.516. The van der Waals surface area contributed by atoms with E-state index < -0.39 is 23.6 Å². The molecule has 5 heteroatoms. The van der Waals surface area contributed by atoms with Crippen molar-refractivity contribution in [1.29, 1.82) is 0 Å². The number of nitrogens with one attached hydrogen (secondary N) is 1. The number of aromatic hydroxyl groups is 1. The predicted molar refractivity (Wildman–Crippen MR) is 61.3 cm³/mol. The Morgan fingerprint density at radius 2 is 2.24 bits per heavy atom. The number of carbonyl (C=O) groups is 1. The molecule has 94 valence electrons. The number of aliphatic hydroxyl groups excluding tert-OH is 1. The Kier molecular flexibility index (Phi) is 4.90. The van der Waals surface area contributed by atoms with Crippen LogP contribution in [0.15, 0.2) is 18.2 Å². The summed E-state index contributed by atoms with van der Waals surface area (Å²) in [6, 6.07) is 3.68. The number of amides is 1. The van der Waals surface area contributed by atoms with Crippen LogP contribution in [-0.2, 0) is 0 Å². The molecule has 0 aliphatic rings. The summed E-state index contributed by atoms with van der Waals surface area (Å²) in [5.41, 5.74) is -0.363. The molecule has 1 aromatic rings. The second-order valence-corrected chi connectivity index (χ2v) is 3.74. The number of rotatable bonds is 5. The number of halogens is 1. The van der Waals surface area contributed by atoms with Gasteiger partial charge in [0.15, 0.2) is 0 Å². The van der Waals surface area contributed by atoms with Crippen molar-refractivity contribution in [2.24, 2.45) is 0 Å². The van der Waals surface area contributed by atoms with Gasteiger partial charge in [-0.25, -0.2) is 4.39 Å². The highest BCUT2D eigenvalue weighted by Crippen LogP contribution is 2.19. The quantitative estimate of drug-likeness (QED) is 0.730. The van der Waals surface area contributed by atoms with Crippen molar-refractivity contribution in [2.75, 3.05) is 6.54 Å². The molecule has 0 heterocycles. The van der Waals surface area contributed by atoms with Crippen LogP contribution in [0.1, 0.15) is 30.1 Å². The maximum atomic E-state index is 13.3. The third-order valence-electron chi connectivity index (χ3n) is 2.45. The number of hydrogen-bond acceptors (Lipinski definition) is 3. The average molecular weight is 241 g/mol. The van der Waals surface area contributed by atoms with E-state index in [1.807, 2.05) is 6.92 Å². The minimum Gasteiger partial charge on any atom is -0.507 e. The van der Waals surface area contributed by atoms with Crippen LogP contribution in [0.5, 0.6) is 5.75 Å². The van der Waals surface area contributed by atoms with Gasteiger partial charge in [0, 0.05) is 6.54 Å². The van der Waals surface area contributed by atoms with E-state index in [0.717, 1.165) is 6.07 Å². The van der Waals surface area contributed by atoms with Gasteiger partial charge in [-0.05, 0) is 25.0 Å². The van der Waals surface area contributed by atoms with Crippen molar-refractivity contribution in [2.45, 2.75) is 25.9 Å². The molecule has 1 atom stereocenters. The molecule has 0 aliphatic carbocycles. The van der Waals surface area contributed by atoms with Crippen LogP contribution in [0.2, 0.25) is 0 Å². The molecule has 1 aromatic carbocycles. The second-order valence-electron chi connectivity index (χ2n) is 3.74. The molecule has 0 aliphatic heterocycles. The maximum absolute atomic E-state index is 13.3. The van der Waals surface area contributed by atoms with E-state index in [1.165, 1.54) is 12.1 Å². The molecule has 0 aromatic heterocycles. The van der Waals surface area contributed by atoms with Crippen LogP contribution in [0.25, 0.3) is 0 Å². The molecule has 1 unspecified atom stereocenters. The molecule has 0 bridgehead atoms. The zero-order chi connectivity index (χ0) is 12.8. The Bertz CT molecular complexity index is 375. The second kappa shape index (κ2) is 6.20. The molecule has 1 amide bonds. The molecule has 0 radical (unpaired) electrons. The Hall–Kier alpha value is -1.62. The van der Waals surface area contributed by atoms with Crippen molar-refractivity contribution in [3.63, 3.8) is 0 Å². The van der Waals surface area contributed by atoms with Crippen molar-refractivity contribution in [3.8, 4) is 5.75 Å². The summed E-state index contributed by atoms with van der Waals surface area (Å²) in [5, 5.41) is 21.1. The van der Waals surface area contributed by atoms with E-state index in [9.17, 15) is 19.4 Å². The smallest absolute Gasteiger partial charge is 0.258 e. The van der Waals surface area contributed by atoms with E-state index in [-0.39, 0.29) is 12.1 Å². The van der Waals surface area contributed by atoms with Gasteiger partial charge >= 0.3 is 0 Å². The summed E-state index contributed by atoms with van der Waals surface area (Å²) in [6.45, 7) is 2.07. The van der Waals surface area contributed by atoms with Gasteiger partial charge in [0.1, 0.15) is 17.1 Å². The lowest BCUT2D eigenvalue weighted by atomic mass is 10.1. The van der Waals surface area contributed by atoms with Crippen LogP contribution in [0, 0.1) is 5.82 Å². The SMILES string of the molecule is CCC(O)CCNC(=O)c1c(O)cccc1F. The molecule has 0 saturated carbocycles. The average Bonchev–Trinajstić information content (AvgIpc) is 2.28. The van der Waals surface area contributed by atoms with Gasteiger partial charge in [0.2, 0.25) is 0 Å². The largest absolute Gasteiger partial charge is 0.507 e. The van der Waals surface area contributed by atoms with Gasteiger partial charge in [-0.3, -0.25) is 4.79 Å². The highest BCUT2D eigenvalue weighted by atomic mass is 19.1. The Labute approximate surface area is 99.1 Å². The maximum Gasteiger partial charge on any atom is 0.258 e. The first kappa shape index (κ1) is 13.4. The number of phenolic OH excluding ortho intramolecular Hbond substituents is 1. The van der Waals surface area contributed by atoms with E-state index in [4.69, 9.17) is 0 Å². The zero-order valence-electron chi connectivity index (χ0n) is 9.61. The summed E-state index contributed by atoms with van der Waals surface area (Å²) in [7, 11) is 0. The van der Waals surface area contributed by atoms with Crippen LogP contribution in [0.3, 0.4) is 0 Å². The van der Waals surface area contributed by atoms with Gasteiger partial charge in [-0.1, -0.05) is 13.0 Å². The topological polar surface area (TPSA) is 69.6 Å². The number of aliphatic hydroxyl groups is 1. The fourth-order valence-corrected chi connectivity index (χ4v) is 1.38. The molecule has 1 rings (SSSR count). The van der Waals surface area contributed by atoms with E-state index in [0.29, 0.717) is 12.8 Å². The minimum atomic E-state index is -0.765. The van der Waals surface area contributed by atoms with Gasteiger partial charge < -0.3 is 15.5 Å². The van der Waals surface area contributed by atoms with Crippen molar-refractivity contribution >= 4 is 5.91 Å². The summed E-state index contributed by atoms with van der Waals surface area (Å²) in [4.78, 5) is 11.6.